The molecule has 11 rings (SSSR count). The van der Waals surface area contributed by atoms with Gasteiger partial charge < -0.3 is 22.9 Å². The summed E-state index contributed by atoms with van der Waals surface area (Å²) in [6, 6.07) is 56.5. The third kappa shape index (κ3) is 3.43. The Kier molecular flexibility index (Phi) is 5.19. The molecule has 5 nitrogen and oxygen atoms in total. The number of aromatic nitrogens is 5. The minimum absolute atomic E-state index is 1.02. The zero-order chi connectivity index (χ0) is 32.2. The van der Waals surface area contributed by atoms with Gasteiger partial charge in [-0.3, -0.25) is 0 Å². The maximum atomic E-state index is 4.73. The SMILES string of the molecule is C=c1c2ccccc2n2c3ccccc3[nH]c3c2c1cc1c3n2c3ccccc3n(-c3ccccc3)c3cccc(c32)n1-c1ccccc1. The summed E-state index contributed by atoms with van der Waals surface area (Å²) in [5.41, 5.74) is 15.6. The van der Waals surface area contributed by atoms with Crippen LogP contribution in [0.4, 0.5) is 0 Å². The summed E-state index contributed by atoms with van der Waals surface area (Å²) in [6.45, 7) is 4.73. The van der Waals surface area contributed by atoms with Crippen LogP contribution < -0.4 is 5.22 Å². The number of hydrogen-bond acceptors (Lipinski definition) is 0. The van der Waals surface area contributed by atoms with Crippen molar-refractivity contribution in [1.82, 2.24) is 22.9 Å². The summed E-state index contributed by atoms with van der Waals surface area (Å²) in [5.74, 6) is 0. The van der Waals surface area contributed by atoms with Crippen LogP contribution in [0.5, 0.6) is 0 Å². The molecule has 0 unspecified atom stereocenters. The first kappa shape index (κ1) is 26.4. The van der Waals surface area contributed by atoms with Crippen molar-refractivity contribution in [3.63, 3.8) is 0 Å². The standard InChI is InChI=1S/C44H29N5/c1-28-31-19-8-10-21-34(31)48-35-22-11-9-20-33(35)45-41-42(48)32(28)27-40-44(41)49-37-24-13-12-23-36(37)46(29-15-4-2-5-16-29)38-25-14-26-39(43(38)49)47(40)30-17-6-3-7-18-30/h2-27,45H,1H2. The molecule has 5 heteroatoms. The number of aromatic amines is 1. The molecular weight excluding hydrogens is 599 g/mol. The number of nitrogens with one attached hydrogen (secondary N) is 1. The Labute approximate surface area is 280 Å². The van der Waals surface area contributed by atoms with E-state index < -0.39 is 0 Å². The Balaban J connectivity index is 1.54. The van der Waals surface area contributed by atoms with Crippen molar-refractivity contribution in [2.24, 2.45) is 0 Å². The maximum Gasteiger partial charge on any atom is 0.0965 e. The Morgan fingerprint density at radius 2 is 0.939 bits per heavy atom. The van der Waals surface area contributed by atoms with Crippen molar-refractivity contribution in [3.05, 3.63) is 163 Å². The van der Waals surface area contributed by atoms with Crippen molar-refractivity contribution in [2.75, 3.05) is 0 Å². The Bertz CT molecular complexity index is 3220. The van der Waals surface area contributed by atoms with Gasteiger partial charge in [0.15, 0.2) is 0 Å². The smallest absolute Gasteiger partial charge is 0.0965 e. The summed E-state index contributed by atoms with van der Waals surface area (Å²) in [4.78, 5) is 3.98. The fraction of sp³-hybridized carbons (Fsp3) is 0. The van der Waals surface area contributed by atoms with Gasteiger partial charge in [-0.25, -0.2) is 0 Å². The van der Waals surface area contributed by atoms with Crippen molar-refractivity contribution in [3.8, 4) is 11.4 Å². The summed E-state index contributed by atoms with van der Waals surface area (Å²) < 4.78 is 9.75. The van der Waals surface area contributed by atoms with Gasteiger partial charge in [-0.2, -0.15) is 0 Å². The van der Waals surface area contributed by atoms with Gasteiger partial charge in [0, 0.05) is 22.1 Å². The molecule has 11 aromatic rings. The number of pyridine rings is 1. The molecular formula is C44H29N5. The topological polar surface area (TPSA) is 34.5 Å². The van der Waals surface area contributed by atoms with Gasteiger partial charge in [-0.05, 0) is 78.0 Å². The zero-order valence-corrected chi connectivity index (χ0v) is 26.5. The molecule has 49 heavy (non-hydrogen) atoms. The van der Waals surface area contributed by atoms with Gasteiger partial charge in [-0.15, -0.1) is 0 Å². The maximum absolute atomic E-state index is 4.73. The number of benzene rings is 7. The normalized spacial score (nSPS) is 12.2. The molecule has 0 bridgehead atoms. The second kappa shape index (κ2) is 9.66. The van der Waals surface area contributed by atoms with Crippen molar-refractivity contribution >= 4 is 83.6 Å². The molecule has 0 saturated heterocycles. The molecule has 0 aliphatic carbocycles. The third-order valence-corrected chi connectivity index (χ3v) is 10.2. The first-order valence-corrected chi connectivity index (χ1v) is 16.7. The second-order valence-electron chi connectivity index (χ2n) is 12.8. The molecule has 0 radical (unpaired) electrons. The van der Waals surface area contributed by atoms with E-state index in [1.54, 1.807) is 0 Å². The average molecular weight is 628 g/mol. The first-order chi connectivity index (χ1) is 24.3. The number of nitrogens with zero attached hydrogens (tertiary/aromatic N) is 4. The van der Waals surface area contributed by atoms with E-state index in [1.165, 1.54) is 0 Å². The number of H-pyrrole nitrogens is 1. The molecule has 0 aliphatic rings. The van der Waals surface area contributed by atoms with E-state index in [9.17, 15) is 0 Å². The van der Waals surface area contributed by atoms with Gasteiger partial charge in [0.25, 0.3) is 0 Å². The van der Waals surface area contributed by atoms with Crippen LogP contribution in [-0.2, 0) is 0 Å². The van der Waals surface area contributed by atoms with E-state index in [0.29, 0.717) is 0 Å². The Morgan fingerprint density at radius 1 is 0.388 bits per heavy atom. The number of fused-ring (bicyclic) bond motifs is 9. The molecule has 230 valence electrons. The monoisotopic (exact) mass is 627 g/mol. The number of hydrogen-bond donors (Lipinski definition) is 1. The minimum atomic E-state index is 1.02. The third-order valence-electron chi connectivity index (χ3n) is 10.2. The van der Waals surface area contributed by atoms with Gasteiger partial charge in [0.2, 0.25) is 0 Å². The van der Waals surface area contributed by atoms with Crippen LogP contribution in [0.1, 0.15) is 0 Å². The Hall–Kier alpha value is -6.72. The molecule has 4 heterocycles. The first-order valence-electron chi connectivity index (χ1n) is 16.7. The fourth-order valence-electron chi connectivity index (χ4n) is 8.25. The zero-order valence-electron chi connectivity index (χ0n) is 26.5. The van der Waals surface area contributed by atoms with Crippen LogP contribution in [0.15, 0.2) is 158 Å². The van der Waals surface area contributed by atoms with E-state index in [1.807, 2.05) is 0 Å². The molecule has 0 amide bonds. The molecule has 0 saturated carbocycles. The minimum Gasteiger partial charge on any atom is -0.350 e. The van der Waals surface area contributed by atoms with E-state index in [2.05, 4.69) is 181 Å². The van der Waals surface area contributed by atoms with Crippen LogP contribution >= 0.6 is 0 Å². The molecule has 7 aromatic carbocycles. The molecule has 0 spiro atoms. The highest BCUT2D eigenvalue weighted by molar-refractivity contribution is 6.18. The lowest BCUT2D eigenvalue weighted by Gasteiger charge is -2.26. The van der Waals surface area contributed by atoms with E-state index in [-0.39, 0.29) is 0 Å². The van der Waals surface area contributed by atoms with Crippen molar-refractivity contribution in [1.29, 1.82) is 0 Å². The predicted octanol–water partition coefficient (Wildman–Crippen LogP) is 10.3. The lowest BCUT2D eigenvalue weighted by molar-refractivity contribution is 1.10. The molecule has 0 fully saturated rings. The van der Waals surface area contributed by atoms with Crippen LogP contribution in [0.25, 0.3) is 94.9 Å². The van der Waals surface area contributed by atoms with Gasteiger partial charge in [-0.1, -0.05) is 91.5 Å². The lowest BCUT2D eigenvalue weighted by Crippen LogP contribution is -2.14. The number of rotatable bonds is 2. The van der Waals surface area contributed by atoms with Crippen molar-refractivity contribution < 1.29 is 0 Å². The summed E-state index contributed by atoms with van der Waals surface area (Å²) in [6.07, 6.45) is 0. The van der Waals surface area contributed by atoms with Gasteiger partial charge >= 0.3 is 0 Å². The Morgan fingerprint density at radius 3 is 1.65 bits per heavy atom. The molecule has 1 N–H and O–H groups in total. The van der Waals surface area contributed by atoms with Crippen LogP contribution in [0, 0.1) is 0 Å². The second-order valence-corrected chi connectivity index (χ2v) is 12.8. The lowest BCUT2D eigenvalue weighted by atomic mass is 10.0. The summed E-state index contributed by atoms with van der Waals surface area (Å²) in [7, 11) is 0. The van der Waals surface area contributed by atoms with Crippen LogP contribution in [0.2, 0.25) is 0 Å². The molecule has 0 aliphatic heterocycles. The predicted molar refractivity (Wildman–Crippen MR) is 205 cm³/mol. The fourth-order valence-corrected chi connectivity index (χ4v) is 8.25. The van der Waals surface area contributed by atoms with E-state index >= 15 is 0 Å². The average Bonchev–Trinajstić information content (AvgIpc) is 3.16. The highest BCUT2D eigenvalue weighted by Crippen LogP contribution is 2.39. The van der Waals surface area contributed by atoms with E-state index in [0.717, 1.165) is 93.6 Å². The van der Waals surface area contributed by atoms with Crippen LogP contribution in [0.3, 0.4) is 0 Å². The highest BCUT2D eigenvalue weighted by Gasteiger charge is 2.23. The quantitative estimate of drug-likeness (QED) is 0.146. The number of para-hydroxylation sites is 8. The molecule has 4 aromatic heterocycles. The van der Waals surface area contributed by atoms with Gasteiger partial charge in [0.05, 0.1) is 66.2 Å². The summed E-state index contributed by atoms with van der Waals surface area (Å²) >= 11 is 0. The van der Waals surface area contributed by atoms with Gasteiger partial charge in [0.1, 0.15) is 0 Å². The molecule has 0 atom stereocenters. The van der Waals surface area contributed by atoms with Crippen molar-refractivity contribution in [2.45, 2.75) is 0 Å². The van der Waals surface area contributed by atoms with Crippen LogP contribution in [-0.4, -0.2) is 22.9 Å². The highest BCUT2D eigenvalue weighted by atomic mass is 15.1. The van der Waals surface area contributed by atoms with E-state index in [4.69, 9.17) is 6.58 Å². The largest absolute Gasteiger partial charge is 0.350 e. The summed E-state index contributed by atoms with van der Waals surface area (Å²) in [5, 5.41) is 3.28.